The number of morpholine rings is 1. The maximum Gasteiger partial charge on any atom is 0.320 e. The third kappa shape index (κ3) is 4.35. The molecule has 2 saturated heterocycles. The smallest absolute Gasteiger partial charge is 0.320 e. The lowest BCUT2D eigenvalue weighted by Crippen LogP contribution is -2.55. The van der Waals surface area contributed by atoms with Crippen molar-refractivity contribution in [3.8, 4) is 0 Å². The van der Waals surface area contributed by atoms with Gasteiger partial charge in [-0.25, -0.2) is 9.18 Å². The quantitative estimate of drug-likeness (QED) is 0.774. The Hall–Kier alpha value is -1.99. The second-order valence-corrected chi connectivity index (χ2v) is 6.55. The summed E-state index contributed by atoms with van der Waals surface area (Å²) in [6, 6.07) is 4.62. The van der Waals surface area contributed by atoms with Crippen LogP contribution in [0, 0.1) is 12.7 Å². The maximum absolute atomic E-state index is 13.8. The van der Waals surface area contributed by atoms with E-state index in [1.165, 1.54) is 6.07 Å². The van der Waals surface area contributed by atoms with E-state index in [0.717, 1.165) is 5.56 Å². The zero-order chi connectivity index (χ0) is 17.8. The SMILES string of the molecule is Cc1ccc(F)c(C(=O)CN2CCN(C(=O)N3CCOCC3)CC2)c1. The van der Waals surface area contributed by atoms with Crippen molar-refractivity contribution in [2.24, 2.45) is 0 Å². The molecule has 0 atom stereocenters. The Morgan fingerprint density at radius 1 is 1.04 bits per heavy atom. The third-order valence-corrected chi connectivity index (χ3v) is 4.71. The van der Waals surface area contributed by atoms with Gasteiger partial charge in [0.1, 0.15) is 5.82 Å². The normalized spacial score (nSPS) is 19.1. The molecule has 0 aromatic heterocycles. The van der Waals surface area contributed by atoms with Crippen LogP contribution in [0.3, 0.4) is 0 Å². The molecule has 2 heterocycles. The van der Waals surface area contributed by atoms with Crippen LogP contribution in [0.5, 0.6) is 0 Å². The predicted molar refractivity (Wildman–Crippen MR) is 91.3 cm³/mol. The lowest BCUT2D eigenvalue weighted by Gasteiger charge is -2.38. The number of carbonyl (C=O) groups excluding carboxylic acids is 2. The molecule has 0 N–H and O–H groups in total. The van der Waals surface area contributed by atoms with Crippen molar-refractivity contribution in [3.05, 3.63) is 35.1 Å². The van der Waals surface area contributed by atoms with Crippen LogP contribution in [0.4, 0.5) is 9.18 Å². The van der Waals surface area contributed by atoms with Crippen molar-refractivity contribution in [2.75, 3.05) is 59.0 Å². The van der Waals surface area contributed by atoms with Gasteiger partial charge in [0.15, 0.2) is 5.78 Å². The number of nitrogens with zero attached hydrogens (tertiary/aromatic N) is 3. The predicted octanol–water partition coefficient (Wildman–Crippen LogP) is 1.39. The first-order chi connectivity index (χ1) is 12.0. The first-order valence-corrected chi connectivity index (χ1v) is 8.68. The summed E-state index contributed by atoms with van der Waals surface area (Å²) in [6.45, 7) is 6.86. The maximum atomic E-state index is 13.8. The lowest BCUT2D eigenvalue weighted by atomic mass is 10.1. The molecular weight excluding hydrogens is 325 g/mol. The van der Waals surface area contributed by atoms with Crippen LogP contribution in [0.15, 0.2) is 18.2 Å². The van der Waals surface area contributed by atoms with Gasteiger partial charge >= 0.3 is 6.03 Å². The number of carbonyl (C=O) groups is 2. The summed E-state index contributed by atoms with van der Waals surface area (Å²) in [5, 5.41) is 0. The molecule has 0 bridgehead atoms. The number of rotatable bonds is 3. The second kappa shape index (κ2) is 7.93. The van der Waals surface area contributed by atoms with E-state index in [4.69, 9.17) is 4.74 Å². The van der Waals surface area contributed by atoms with Crippen molar-refractivity contribution < 1.29 is 18.7 Å². The number of halogens is 1. The molecule has 2 aliphatic heterocycles. The molecule has 7 heteroatoms. The summed E-state index contributed by atoms with van der Waals surface area (Å²) >= 11 is 0. The number of Topliss-reactive ketones (excluding diaryl/α,β-unsaturated/α-hetero) is 1. The van der Waals surface area contributed by atoms with Crippen LogP contribution in [-0.2, 0) is 4.74 Å². The fourth-order valence-corrected chi connectivity index (χ4v) is 3.19. The lowest BCUT2D eigenvalue weighted by molar-refractivity contribution is 0.0376. The van der Waals surface area contributed by atoms with E-state index >= 15 is 0 Å². The number of piperazine rings is 1. The molecule has 2 aliphatic rings. The largest absolute Gasteiger partial charge is 0.378 e. The van der Waals surface area contributed by atoms with Crippen molar-refractivity contribution in [2.45, 2.75) is 6.92 Å². The van der Waals surface area contributed by atoms with Gasteiger partial charge in [-0.1, -0.05) is 11.6 Å². The summed E-state index contributed by atoms with van der Waals surface area (Å²) < 4.78 is 19.1. The van der Waals surface area contributed by atoms with Crippen LogP contribution >= 0.6 is 0 Å². The van der Waals surface area contributed by atoms with Gasteiger partial charge in [-0.2, -0.15) is 0 Å². The van der Waals surface area contributed by atoms with Crippen LogP contribution < -0.4 is 0 Å². The molecule has 0 saturated carbocycles. The summed E-state index contributed by atoms with van der Waals surface area (Å²) in [5.41, 5.74) is 1.01. The van der Waals surface area contributed by atoms with Crippen LogP contribution in [-0.4, -0.2) is 85.5 Å². The van der Waals surface area contributed by atoms with Gasteiger partial charge in [0.05, 0.1) is 25.3 Å². The number of urea groups is 1. The Morgan fingerprint density at radius 2 is 1.68 bits per heavy atom. The highest BCUT2D eigenvalue weighted by Crippen LogP contribution is 2.13. The molecule has 136 valence electrons. The van der Waals surface area contributed by atoms with Crippen molar-refractivity contribution >= 4 is 11.8 Å². The Balaban J connectivity index is 1.51. The second-order valence-electron chi connectivity index (χ2n) is 6.55. The summed E-state index contributed by atoms with van der Waals surface area (Å²) in [6.07, 6.45) is 0. The zero-order valence-electron chi connectivity index (χ0n) is 14.5. The highest BCUT2D eigenvalue weighted by molar-refractivity contribution is 5.98. The minimum absolute atomic E-state index is 0.0407. The van der Waals surface area contributed by atoms with Crippen molar-refractivity contribution in [3.63, 3.8) is 0 Å². The number of ether oxygens (including phenoxy) is 1. The molecule has 0 aliphatic carbocycles. The standard InChI is InChI=1S/C18H24FN3O3/c1-14-2-3-16(19)15(12-14)17(23)13-20-4-6-21(7-5-20)18(24)22-8-10-25-11-9-22/h2-3,12H,4-11,13H2,1H3. The molecule has 0 radical (unpaired) electrons. The number of benzene rings is 1. The summed E-state index contributed by atoms with van der Waals surface area (Å²) in [4.78, 5) is 30.4. The number of ketones is 1. The molecule has 1 aromatic carbocycles. The number of amides is 2. The van der Waals surface area contributed by atoms with E-state index in [1.807, 2.05) is 21.6 Å². The van der Waals surface area contributed by atoms with E-state index in [0.29, 0.717) is 52.5 Å². The minimum atomic E-state index is -0.475. The van der Waals surface area contributed by atoms with Gasteiger partial charge in [0.25, 0.3) is 0 Å². The third-order valence-electron chi connectivity index (χ3n) is 4.71. The highest BCUT2D eigenvalue weighted by Gasteiger charge is 2.27. The molecule has 0 unspecified atom stereocenters. The highest BCUT2D eigenvalue weighted by atomic mass is 19.1. The Morgan fingerprint density at radius 3 is 2.36 bits per heavy atom. The molecule has 25 heavy (non-hydrogen) atoms. The molecule has 3 rings (SSSR count). The molecule has 1 aromatic rings. The average Bonchev–Trinajstić information content (AvgIpc) is 2.64. The Kier molecular flexibility index (Phi) is 5.65. The van der Waals surface area contributed by atoms with Gasteiger partial charge < -0.3 is 14.5 Å². The van der Waals surface area contributed by atoms with E-state index in [-0.39, 0.29) is 23.9 Å². The fraction of sp³-hybridized carbons (Fsp3) is 0.556. The zero-order valence-corrected chi connectivity index (χ0v) is 14.5. The van der Waals surface area contributed by atoms with Gasteiger partial charge in [-0.3, -0.25) is 9.69 Å². The number of aryl methyl sites for hydroxylation is 1. The van der Waals surface area contributed by atoms with E-state index < -0.39 is 5.82 Å². The van der Waals surface area contributed by atoms with Gasteiger partial charge in [-0.15, -0.1) is 0 Å². The molecular formula is C18H24FN3O3. The molecule has 2 amide bonds. The van der Waals surface area contributed by atoms with Gasteiger partial charge in [0.2, 0.25) is 0 Å². The summed E-state index contributed by atoms with van der Waals surface area (Å²) in [7, 11) is 0. The van der Waals surface area contributed by atoms with Crippen LogP contribution in [0.25, 0.3) is 0 Å². The topological polar surface area (TPSA) is 53.1 Å². The van der Waals surface area contributed by atoms with E-state index in [1.54, 1.807) is 12.1 Å². The molecule has 0 spiro atoms. The van der Waals surface area contributed by atoms with Crippen LogP contribution in [0.2, 0.25) is 0 Å². The first-order valence-electron chi connectivity index (χ1n) is 8.68. The Labute approximate surface area is 147 Å². The fourth-order valence-electron chi connectivity index (χ4n) is 3.19. The number of hydrogen-bond donors (Lipinski definition) is 0. The van der Waals surface area contributed by atoms with Crippen molar-refractivity contribution in [1.82, 2.24) is 14.7 Å². The minimum Gasteiger partial charge on any atom is -0.378 e. The summed E-state index contributed by atoms with van der Waals surface area (Å²) in [5.74, 6) is -0.689. The number of hydrogen-bond acceptors (Lipinski definition) is 4. The van der Waals surface area contributed by atoms with E-state index in [2.05, 4.69) is 0 Å². The van der Waals surface area contributed by atoms with Crippen molar-refractivity contribution in [1.29, 1.82) is 0 Å². The first kappa shape index (κ1) is 17.8. The molecule has 2 fully saturated rings. The Bertz CT molecular complexity index is 638. The molecule has 6 nitrogen and oxygen atoms in total. The van der Waals surface area contributed by atoms with Gasteiger partial charge in [0, 0.05) is 39.3 Å². The van der Waals surface area contributed by atoms with Gasteiger partial charge in [-0.05, 0) is 19.1 Å². The van der Waals surface area contributed by atoms with Crippen LogP contribution in [0.1, 0.15) is 15.9 Å². The monoisotopic (exact) mass is 349 g/mol. The van der Waals surface area contributed by atoms with E-state index in [9.17, 15) is 14.0 Å². The average molecular weight is 349 g/mol.